The van der Waals surface area contributed by atoms with E-state index in [-0.39, 0.29) is 11.3 Å². The lowest BCUT2D eigenvalue weighted by Crippen LogP contribution is -2.34. The van der Waals surface area contributed by atoms with Crippen LogP contribution in [-0.4, -0.2) is 57.8 Å². The van der Waals surface area contributed by atoms with Crippen molar-refractivity contribution < 1.29 is 19.1 Å². The van der Waals surface area contributed by atoms with Gasteiger partial charge >= 0.3 is 6.09 Å². The monoisotopic (exact) mass is 442 g/mol. The van der Waals surface area contributed by atoms with Gasteiger partial charge in [0.2, 0.25) is 0 Å². The third-order valence-electron chi connectivity index (χ3n) is 5.23. The Hall–Kier alpha value is -3.03. The molecule has 0 fully saturated rings. The van der Waals surface area contributed by atoms with Gasteiger partial charge in [-0.3, -0.25) is 14.8 Å². The molecule has 0 spiro atoms. The van der Waals surface area contributed by atoms with E-state index in [2.05, 4.69) is 37.0 Å². The Labute approximate surface area is 189 Å². The van der Waals surface area contributed by atoms with E-state index in [0.717, 1.165) is 22.6 Å². The first-order chi connectivity index (χ1) is 14.9. The summed E-state index contributed by atoms with van der Waals surface area (Å²) in [5.74, 6) is 0.621. The van der Waals surface area contributed by atoms with Crippen LogP contribution in [0.25, 0.3) is 0 Å². The van der Waals surface area contributed by atoms with Crippen molar-refractivity contribution in [2.45, 2.75) is 65.6 Å². The maximum atomic E-state index is 13.0. The van der Waals surface area contributed by atoms with Crippen LogP contribution >= 0.6 is 0 Å². The van der Waals surface area contributed by atoms with Gasteiger partial charge in [0.05, 0.1) is 25.3 Å². The number of carbonyl (C=O) groups excluding carboxylic acids is 2. The summed E-state index contributed by atoms with van der Waals surface area (Å²) < 4.78 is 11.4. The van der Waals surface area contributed by atoms with Crippen LogP contribution in [0.4, 0.5) is 4.79 Å². The molecule has 2 amide bonds. The third kappa shape index (κ3) is 5.41. The van der Waals surface area contributed by atoms with Crippen molar-refractivity contribution >= 4 is 12.0 Å². The van der Waals surface area contributed by atoms with Crippen LogP contribution in [0.2, 0.25) is 0 Å². The first-order valence-corrected chi connectivity index (χ1v) is 10.9. The summed E-state index contributed by atoms with van der Waals surface area (Å²) in [7, 11) is 1.73. The average Bonchev–Trinajstić information content (AvgIpc) is 3.26. The number of ether oxygens (including phenoxy) is 2. The molecule has 0 radical (unpaired) electrons. The topological polar surface area (TPSA) is 87.8 Å². The number of likely N-dealkylation sites (N-methyl/N-ethyl adjacent to an activating group) is 1. The molecule has 174 valence electrons. The van der Waals surface area contributed by atoms with Crippen molar-refractivity contribution in [1.29, 1.82) is 0 Å². The molecule has 2 heterocycles. The summed E-state index contributed by atoms with van der Waals surface area (Å²) in [5, 5.41) is 7.10. The molecular weight excluding hydrogens is 408 g/mol. The fourth-order valence-electron chi connectivity index (χ4n) is 3.56. The van der Waals surface area contributed by atoms with E-state index < -0.39 is 11.7 Å². The van der Waals surface area contributed by atoms with Gasteiger partial charge < -0.3 is 14.4 Å². The minimum Gasteiger partial charge on any atom is -0.491 e. The van der Waals surface area contributed by atoms with Crippen LogP contribution in [0, 0.1) is 0 Å². The van der Waals surface area contributed by atoms with Gasteiger partial charge in [0.1, 0.15) is 18.0 Å². The van der Waals surface area contributed by atoms with E-state index in [1.807, 2.05) is 39.0 Å². The zero-order chi connectivity index (χ0) is 23.7. The third-order valence-corrected chi connectivity index (χ3v) is 5.23. The Kier molecular flexibility index (Phi) is 6.53. The highest BCUT2D eigenvalue weighted by Gasteiger charge is 2.33. The number of rotatable bonds is 5. The molecule has 0 saturated heterocycles. The molecule has 0 bridgehead atoms. The number of nitrogens with zero attached hydrogens (tertiary/aromatic N) is 3. The lowest BCUT2D eigenvalue weighted by molar-refractivity contribution is 0.0238. The molecule has 2 aromatic rings. The highest BCUT2D eigenvalue weighted by atomic mass is 16.6. The molecule has 0 aliphatic carbocycles. The number of aromatic amines is 1. The van der Waals surface area contributed by atoms with Gasteiger partial charge in [-0.1, -0.05) is 39.0 Å². The van der Waals surface area contributed by atoms with Gasteiger partial charge in [-0.15, -0.1) is 0 Å². The molecule has 1 aromatic carbocycles. The quantitative estimate of drug-likeness (QED) is 0.753. The molecule has 1 aliphatic heterocycles. The summed E-state index contributed by atoms with van der Waals surface area (Å²) in [6, 6.07) is 7.96. The van der Waals surface area contributed by atoms with E-state index in [4.69, 9.17) is 9.47 Å². The maximum absolute atomic E-state index is 13.0. The molecule has 8 heteroatoms. The number of aromatic nitrogens is 2. The lowest BCUT2D eigenvalue weighted by atomic mass is 9.86. The largest absolute Gasteiger partial charge is 0.491 e. The molecule has 8 nitrogen and oxygen atoms in total. The molecule has 1 N–H and O–H groups in total. The number of para-hydroxylation sites is 1. The van der Waals surface area contributed by atoms with Gasteiger partial charge in [0.25, 0.3) is 5.91 Å². The predicted octanol–water partition coefficient (Wildman–Crippen LogP) is 4.11. The number of amides is 2. The van der Waals surface area contributed by atoms with Crippen LogP contribution in [0.5, 0.6) is 5.75 Å². The van der Waals surface area contributed by atoms with Crippen LogP contribution < -0.4 is 4.74 Å². The molecule has 0 saturated carbocycles. The van der Waals surface area contributed by atoms with E-state index >= 15 is 0 Å². The SMILES string of the molecule is CN(CCOc1ccccc1C(C)(C)C)C(=O)c1n[nH]c2c1CN(C(=O)OC(C)(C)C)C2. The van der Waals surface area contributed by atoms with Crippen molar-refractivity contribution in [2.75, 3.05) is 20.2 Å². The van der Waals surface area contributed by atoms with Crippen LogP contribution in [-0.2, 0) is 23.2 Å². The summed E-state index contributed by atoms with van der Waals surface area (Å²) in [6.45, 7) is 13.3. The molecule has 3 rings (SSSR count). The fourth-order valence-corrected chi connectivity index (χ4v) is 3.56. The maximum Gasteiger partial charge on any atom is 0.410 e. The molecule has 0 unspecified atom stereocenters. The summed E-state index contributed by atoms with van der Waals surface area (Å²) >= 11 is 0. The van der Waals surface area contributed by atoms with Crippen molar-refractivity contribution in [3.05, 3.63) is 46.8 Å². The first-order valence-electron chi connectivity index (χ1n) is 10.9. The van der Waals surface area contributed by atoms with Gasteiger partial charge in [-0.2, -0.15) is 5.10 Å². The summed E-state index contributed by atoms with van der Waals surface area (Å²) in [6.07, 6.45) is -0.403. The normalized spacial score (nSPS) is 13.7. The number of benzene rings is 1. The van der Waals surface area contributed by atoms with Crippen molar-refractivity contribution in [1.82, 2.24) is 20.0 Å². The Morgan fingerprint density at radius 3 is 2.47 bits per heavy atom. The zero-order valence-electron chi connectivity index (χ0n) is 20.1. The number of fused-ring (bicyclic) bond motifs is 1. The highest BCUT2D eigenvalue weighted by Crippen LogP contribution is 2.31. The molecule has 1 aromatic heterocycles. The number of hydrogen-bond acceptors (Lipinski definition) is 5. The molecular formula is C24H34N4O4. The smallest absolute Gasteiger partial charge is 0.410 e. The van der Waals surface area contributed by atoms with E-state index in [1.165, 1.54) is 0 Å². The van der Waals surface area contributed by atoms with Crippen LogP contribution in [0.1, 0.15) is 68.9 Å². The van der Waals surface area contributed by atoms with Crippen molar-refractivity contribution in [3.8, 4) is 5.75 Å². The second-order valence-corrected chi connectivity index (χ2v) is 10.2. The molecule has 32 heavy (non-hydrogen) atoms. The van der Waals surface area contributed by atoms with Gasteiger partial charge in [-0.05, 0) is 37.8 Å². The molecule has 1 aliphatic rings. The molecule has 0 atom stereocenters. The Bertz CT molecular complexity index is 985. The highest BCUT2D eigenvalue weighted by molar-refractivity contribution is 5.94. The predicted molar refractivity (Wildman–Crippen MR) is 122 cm³/mol. The standard InChI is InChI=1S/C24H34N4O4/c1-23(2,3)17-10-8-9-11-19(17)31-13-12-27(7)21(29)20-16-14-28(15-18(16)25-26-20)22(30)32-24(4,5)6/h8-11H,12-15H2,1-7H3,(H,25,26). The number of nitrogens with one attached hydrogen (secondary N) is 1. The van der Waals surface area contributed by atoms with E-state index in [0.29, 0.717) is 31.9 Å². The Balaban J connectivity index is 1.59. The second kappa shape index (κ2) is 8.84. The van der Waals surface area contributed by atoms with Gasteiger partial charge in [0, 0.05) is 12.6 Å². The average molecular weight is 443 g/mol. The number of hydrogen-bond donors (Lipinski definition) is 1. The van der Waals surface area contributed by atoms with Crippen LogP contribution in [0.3, 0.4) is 0 Å². The Morgan fingerprint density at radius 2 is 1.81 bits per heavy atom. The van der Waals surface area contributed by atoms with Crippen LogP contribution in [0.15, 0.2) is 24.3 Å². The summed E-state index contributed by atoms with van der Waals surface area (Å²) in [4.78, 5) is 28.5. The zero-order valence-corrected chi connectivity index (χ0v) is 20.1. The number of H-pyrrole nitrogens is 1. The fraction of sp³-hybridized carbons (Fsp3) is 0.542. The second-order valence-electron chi connectivity index (χ2n) is 10.2. The van der Waals surface area contributed by atoms with Crippen molar-refractivity contribution in [3.63, 3.8) is 0 Å². The minimum absolute atomic E-state index is 0.0338. The minimum atomic E-state index is -0.573. The van der Waals surface area contributed by atoms with Crippen molar-refractivity contribution in [2.24, 2.45) is 0 Å². The first kappa shape index (κ1) is 23.6. The lowest BCUT2D eigenvalue weighted by Gasteiger charge is -2.24. The van der Waals surface area contributed by atoms with E-state index in [1.54, 1.807) is 16.8 Å². The van der Waals surface area contributed by atoms with Gasteiger partial charge in [-0.25, -0.2) is 4.79 Å². The summed E-state index contributed by atoms with van der Waals surface area (Å²) in [5.41, 5.74) is 2.36. The van der Waals surface area contributed by atoms with Gasteiger partial charge in [0.15, 0.2) is 5.69 Å². The Morgan fingerprint density at radius 1 is 1.12 bits per heavy atom. The number of carbonyl (C=O) groups is 2. The van der Waals surface area contributed by atoms with E-state index in [9.17, 15) is 9.59 Å².